The van der Waals surface area contributed by atoms with E-state index < -0.39 is 0 Å². The molecule has 0 spiro atoms. The number of carbonyl (C=O) groups is 1. The highest BCUT2D eigenvalue weighted by molar-refractivity contribution is 9.10. The third kappa shape index (κ3) is 6.47. The van der Waals surface area contributed by atoms with Crippen LogP contribution in [0.25, 0.3) is 0 Å². The molecular formula is C14H20BrNO3. The second kappa shape index (κ2) is 8.80. The van der Waals surface area contributed by atoms with Gasteiger partial charge in [0.25, 0.3) is 0 Å². The molecule has 4 nitrogen and oxygen atoms in total. The normalized spacial score (nSPS) is 10.2. The van der Waals surface area contributed by atoms with Crippen molar-refractivity contribution in [3.8, 4) is 5.75 Å². The summed E-state index contributed by atoms with van der Waals surface area (Å²) in [6.45, 7) is 2.88. The van der Waals surface area contributed by atoms with Crippen LogP contribution in [0.1, 0.15) is 32.6 Å². The Hall–Kier alpha value is -1.23. The van der Waals surface area contributed by atoms with Gasteiger partial charge in [-0.2, -0.15) is 0 Å². The van der Waals surface area contributed by atoms with Crippen molar-refractivity contribution < 1.29 is 14.3 Å². The highest BCUT2D eigenvalue weighted by atomic mass is 79.9. The zero-order valence-corrected chi connectivity index (χ0v) is 12.7. The number of ether oxygens (including phenoxy) is 2. The minimum absolute atomic E-state index is 0.123. The maximum absolute atomic E-state index is 11.1. The van der Waals surface area contributed by atoms with Crippen LogP contribution in [0.2, 0.25) is 0 Å². The number of hydrogen-bond donors (Lipinski definition) is 1. The Morgan fingerprint density at radius 3 is 2.84 bits per heavy atom. The summed E-state index contributed by atoms with van der Waals surface area (Å²) >= 11 is 3.41. The molecule has 0 aromatic heterocycles. The van der Waals surface area contributed by atoms with Crippen LogP contribution in [0.5, 0.6) is 5.75 Å². The minimum atomic E-state index is -0.123. The smallest absolute Gasteiger partial charge is 0.305 e. The van der Waals surface area contributed by atoms with Gasteiger partial charge in [0.15, 0.2) is 0 Å². The summed E-state index contributed by atoms with van der Waals surface area (Å²) in [4.78, 5) is 11.1. The summed E-state index contributed by atoms with van der Waals surface area (Å²) in [6.07, 6.45) is 3.16. The van der Waals surface area contributed by atoms with Gasteiger partial charge < -0.3 is 15.2 Å². The lowest BCUT2D eigenvalue weighted by molar-refractivity contribution is -0.143. The molecule has 1 aromatic rings. The van der Waals surface area contributed by atoms with E-state index in [0.29, 0.717) is 25.3 Å². The van der Waals surface area contributed by atoms with Gasteiger partial charge >= 0.3 is 5.97 Å². The van der Waals surface area contributed by atoms with Crippen LogP contribution < -0.4 is 10.5 Å². The quantitative estimate of drug-likeness (QED) is 0.450. The third-order valence-corrected chi connectivity index (χ3v) is 3.20. The number of esters is 1. The Labute approximate surface area is 122 Å². The van der Waals surface area contributed by atoms with Crippen molar-refractivity contribution in [1.82, 2.24) is 0 Å². The number of halogens is 1. The topological polar surface area (TPSA) is 61.5 Å². The molecule has 106 valence electrons. The first-order chi connectivity index (χ1) is 9.13. The number of nitrogen functional groups attached to an aromatic ring is 1. The van der Waals surface area contributed by atoms with Crippen molar-refractivity contribution in [3.05, 3.63) is 22.7 Å². The molecule has 0 amide bonds. The van der Waals surface area contributed by atoms with Gasteiger partial charge in [-0.05, 0) is 54.2 Å². The van der Waals surface area contributed by atoms with Gasteiger partial charge in [-0.15, -0.1) is 0 Å². The van der Waals surface area contributed by atoms with E-state index in [2.05, 4.69) is 15.9 Å². The van der Waals surface area contributed by atoms with Gasteiger partial charge in [0.1, 0.15) is 5.75 Å². The van der Waals surface area contributed by atoms with Gasteiger partial charge in [-0.3, -0.25) is 4.79 Å². The van der Waals surface area contributed by atoms with Crippen LogP contribution in [0.3, 0.4) is 0 Å². The lowest BCUT2D eigenvalue weighted by atomic mass is 10.2. The van der Waals surface area contributed by atoms with Crippen LogP contribution in [0, 0.1) is 0 Å². The molecule has 0 radical (unpaired) electrons. The van der Waals surface area contributed by atoms with E-state index in [9.17, 15) is 4.79 Å². The lowest BCUT2D eigenvalue weighted by Gasteiger charge is -2.08. The Morgan fingerprint density at radius 2 is 2.11 bits per heavy atom. The van der Waals surface area contributed by atoms with Crippen LogP contribution in [0.4, 0.5) is 5.69 Å². The molecule has 0 aliphatic heterocycles. The van der Waals surface area contributed by atoms with Crippen LogP contribution in [-0.2, 0) is 9.53 Å². The van der Waals surface area contributed by atoms with E-state index in [-0.39, 0.29) is 5.97 Å². The highest BCUT2D eigenvalue weighted by Gasteiger charge is 2.03. The van der Waals surface area contributed by atoms with E-state index in [1.54, 1.807) is 6.07 Å². The number of anilines is 1. The van der Waals surface area contributed by atoms with E-state index in [1.807, 2.05) is 19.1 Å². The zero-order chi connectivity index (χ0) is 14.1. The Balaban J connectivity index is 2.14. The van der Waals surface area contributed by atoms with Crippen LogP contribution in [0.15, 0.2) is 22.7 Å². The molecule has 0 bridgehead atoms. The Bertz CT molecular complexity index is 410. The predicted octanol–water partition coefficient (Wildman–Crippen LogP) is 3.53. The van der Waals surface area contributed by atoms with Gasteiger partial charge in [-0.25, -0.2) is 0 Å². The maximum Gasteiger partial charge on any atom is 0.305 e. The van der Waals surface area contributed by atoms with Gasteiger partial charge in [0, 0.05) is 18.2 Å². The fraction of sp³-hybridized carbons (Fsp3) is 0.500. The third-order valence-electron chi connectivity index (χ3n) is 2.54. The fourth-order valence-corrected chi connectivity index (χ4v) is 1.96. The van der Waals surface area contributed by atoms with E-state index in [1.165, 1.54) is 0 Å². The molecule has 0 saturated carbocycles. The first kappa shape index (κ1) is 15.8. The molecule has 0 saturated heterocycles. The monoisotopic (exact) mass is 329 g/mol. The zero-order valence-electron chi connectivity index (χ0n) is 11.2. The summed E-state index contributed by atoms with van der Waals surface area (Å²) in [5.41, 5.74) is 6.37. The number of benzene rings is 1. The fourth-order valence-electron chi connectivity index (χ4n) is 1.59. The Morgan fingerprint density at radius 1 is 1.32 bits per heavy atom. The summed E-state index contributed by atoms with van der Waals surface area (Å²) in [6, 6.07) is 5.48. The van der Waals surface area contributed by atoms with Crippen molar-refractivity contribution in [1.29, 1.82) is 0 Å². The van der Waals surface area contributed by atoms with Crippen LogP contribution in [-0.4, -0.2) is 19.2 Å². The SMILES string of the molecule is CCOC(=O)CCCCCOc1cc(N)ccc1Br. The molecule has 0 aliphatic carbocycles. The number of rotatable bonds is 8. The van der Waals surface area contributed by atoms with Crippen molar-refractivity contribution in [2.45, 2.75) is 32.6 Å². The molecule has 0 unspecified atom stereocenters. The maximum atomic E-state index is 11.1. The van der Waals surface area contributed by atoms with E-state index in [0.717, 1.165) is 29.5 Å². The average molecular weight is 330 g/mol. The summed E-state index contributed by atoms with van der Waals surface area (Å²) in [7, 11) is 0. The molecule has 1 aromatic carbocycles. The molecule has 0 atom stereocenters. The van der Waals surface area contributed by atoms with E-state index >= 15 is 0 Å². The lowest BCUT2D eigenvalue weighted by Crippen LogP contribution is -2.04. The van der Waals surface area contributed by atoms with Gasteiger partial charge in [0.2, 0.25) is 0 Å². The van der Waals surface area contributed by atoms with Crippen LogP contribution >= 0.6 is 15.9 Å². The second-order valence-corrected chi connectivity index (χ2v) is 5.01. The van der Waals surface area contributed by atoms with Gasteiger partial charge in [-0.1, -0.05) is 0 Å². The van der Waals surface area contributed by atoms with Gasteiger partial charge in [0.05, 0.1) is 17.7 Å². The molecule has 0 heterocycles. The molecule has 5 heteroatoms. The first-order valence-electron chi connectivity index (χ1n) is 6.47. The molecule has 0 fully saturated rings. The summed E-state index contributed by atoms with van der Waals surface area (Å²) in [5, 5.41) is 0. The minimum Gasteiger partial charge on any atom is -0.492 e. The summed E-state index contributed by atoms with van der Waals surface area (Å²) in [5.74, 6) is 0.632. The molecule has 2 N–H and O–H groups in total. The number of hydrogen-bond acceptors (Lipinski definition) is 4. The van der Waals surface area contributed by atoms with E-state index in [4.69, 9.17) is 15.2 Å². The highest BCUT2D eigenvalue weighted by Crippen LogP contribution is 2.27. The largest absolute Gasteiger partial charge is 0.492 e. The average Bonchev–Trinajstić information content (AvgIpc) is 2.38. The molecule has 1 rings (SSSR count). The molecular weight excluding hydrogens is 310 g/mol. The number of unbranched alkanes of at least 4 members (excludes halogenated alkanes) is 2. The van der Waals surface area contributed by atoms with Crippen molar-refractivity contribution in [2.75, 3.05) is 18.9 Å². The number of nitrogens with two attached hydrogens (primary N) is 1. The summed E-state index contributed by atoms with van der Waals surface area (Å²) < 4.78 is 11.4. The molecule has 19 heavy (non-hydrogen) atoms. The predicted molar refractivity (Wildman–Crippen MR) is 79.2 cm³/mol. The Kier molecular flexibility index (Phi) is 7.33. The standard InChI is InChI=1S/C14H20BrNO3/c1-2-18-14(17)6-4-3-5-9-19-13-10-11(16)7-8-12(13)15/h7-8,10H,2-6,9,16H2,1H3. The second-order valence-electron chi connectivity index (χ2n) is 4.15. The number of carbonyl (C=O) groups excluding carboxylic acids is 1. The van der Waals surface area contributed by atoms with Crippen molar-refractivity contribution in [3.63, 3.8) is 0 Å². The van der Waals surface area contributed by atoms with Crippen molar-refractivity contribution in [2.24, 2.45) is 0 Å². The molecule has 0 aliphatic rings. The first-order valence-corrected chi connectivity index (χ1v) is 7.26. The van der Waals surface area contributed by atoms with Crippen molar-refractivity contribution >= 4 is 27.6 Å².